The average molecular weight is 413 g/mol. The first-order chi connectivity index (χ1) is 14.0. The molecular weight excluding hydrogens is 390 g/mol. The molecule has 1 amide bonds. The quantitative estimate of drug-likeness (QED) is 0.628. The molecule has 7 nitrogen and oxygen atoms in total. The van der Waals surface area contributed by atoms with Crippen LogP contribution in [0.3, 0.4) is 0 Å². The molecule has 1 aliphatic rings. The number of nitrogens with one attached hydrogen (secondary N) is 3. The summed E-state index contributed by atoms with van der Waals surface area (Å²) in [7, 11) is 4.76. The number of anilines is 1. The van der Waals surface area contributed by atoms with Gasteiger partial charge in [0.05, 0.1) is 32.9 Å². The smallest absolute Gasteiger partial charge is 0.255 e. The number of amides is 1. The lowest BCUT2D eigenvalue weighted by atomic mass is 9.94. The minimum absolute atomic E-state index is 0.259. The summed E-state index contributed by atoms with van der Waals surface area (Å²) in [6.45, 7) is 1.82. The van der Waals surface area contributed by atoms with Gasteiger partial charge in [-0.25, -0.2) is 0 Å². The zero-order valence-corrected chi connectivity index (χ0v) is 17.5. The van der Waals surface area contributed by atoms with E-state index >= 15 is 0 Å². The zero-order valence-electron chi connectivity index (χ0n) is 16.7. The Bertz CT molecular complexity index is 957. The van der Waals surface area contributed by atoms with Gasteiger partial charge < -0.3 is 30.2 Å². The number of thiocarbonyl (C=S) groups is 1. The Morgan fingerprint density at radius 2 is 1.66 bits per heavy atom. The lowest BCUT2D eigenvalue weighted by molar-refractivity contribution is -0.113. The third-order valence-electron chi connectivity index (χ3n) is 4.61. The minimum atomic E-state index is -0.507. The van der Waals surface area contributed by atoms with E-state index in [1.54, 1.807) is 57.7 Å². The highest BCUT2D eigenvalue weighted by molar-refractivity contribution is 7.80. The van der Waals surface area contributed by atoms with Gasteiger partial charge in [0.15, 0.2) is 5.11 Å². The molecule has 1 unspecified atom stereocenters. The highest BCUT2D eigenvalue weighted by atomic mass is 32.1. The Kier molecular flexibility index (Phi) is 6.23. The SMILES string of the molecule is COc1ccc(NC(=O)C2=C(C)NC(=S)NC2c2cc(OC)ccc2OC)cc1. The fourth-order valence-corrected chi connectivity index (χ4v) is 3.44. The van der Waals surface area contributed by atoms with Gasteiger partial charge in [-0.15, -0.1) is 0 Å². The standard InChI is InChI=1S/C21H23N3O4S/c1-12-18(20(25)23-13-5-7-14(26-2)8-6-13)19(24-21(29)22-12)16-11-15(27-3)9-10-17(16)28-4/h5-11,19H,1-4H3,(H,23,25)(H2,22,24,29). The molecule has 3 rings (SSSR count). The molecule has 1 heterocycles. The number of allylic oxidation sites excluding steroid dienone is 1. The second-order valence-electron chi connectivity index (χ2n) is 6.36. The van der Waals surface area contributed by atoms with Crippen LogP contribution >= 0.6 is 12.2 Å². The number of ether oxygens (including phenoxy) is 3. The molecule has 8 heteroatoms. The Morgan fingerprint density at radius 3 is 2.28 bits per heavy atom. The van der Waals surface area contributed by atoms with Gasteiger partial charge in [0.25, 0.3) is 5.91 Å². The second-order valence-corrected chi connectivity index (χ2v) is 6.77. The van der Waals surface area contributed by atoms with E-state index in [9.17, 15) is 4.79 Å². The normalized spacial score (nSPS) is 15.9. The summed E-state index contributed by atoms with van der Waals surface area (Å²) in [5, 5.41) is 9.55. The highest BCUT2D eigenvalue weighted by Crippen LogP contribution is 2.36. The largest absolute Gasteiger partial charge is 0.497 e. The summed E-state index contributed by atoms with van der Waals surface area (Å²) in [6, 6.07) is 12.1. The van der Waals surface area contributed by atoms with Crippen LogP contribution in [-0.4, -0.2) is 32.3 Å². The van der Waals surface area contributed by atoms with Crippen LogP contribution in [0.4, 0.5) is 5.69 Å². The minimum Gasteiger partial charge on any atom is -0.497 e. The van der Waals surface area contributed by atoms with Gasteiger partial charge in [0.2, 0.25) is 0 Å². The van der Waals surface area contributed by atoms with E-state index in [1.807, 2.05) is 13.0 Å². The van der Waals surface area contributed by atoms with Gasteiger partial charge in [-0.1, -0.05) is 0 Å². The fourth-order valence-electron chi connectivity index (χ4n) is 3.17. The van der Waals surface area contributed by atoms with Gasteiger partial charge in [0, 0.05) is 16.9 Å². The lowest BCUT2D eigenvalue weighted by Crippen LogP contribution is -2.45. The van der Waals surface area contributed by atoms with Crippen LogP contribution < -0.4 is 30.2 Å². The summed E-state index contributed by atoms with van der Waals surface area (Å²) in [6.07, 6.45) is 0. The van der Waals surface area contributed by atoms with Gasteiger partial charge in [-0.2, -0.15) is 0 Å². The van der Waals surface area contributed by atoms with Crippen LogP contribution in [0.2, 0.25) is 0 Å². The molecule has 0 aliphatic carbocycles. The maximum Gasteiger partial charge on any atom is 0.255 e. The van der Waals surface area contributed by atoms with E-state index in [2.05, 4.69) is 16.0 Å². The Morgan fingerprint density at radius 1 is 1.00 bits per heavy atom. The van der Waals surface area contributed by atoms with Crippen LogP contribution in [0.1, 0.15) is 18.5 Å². The molecular formula is C21H23N3O4S. The van der Waals surface area contributed by atoms with Gasteiger partial charge >= 0.3 is 0 Å². The highest BCUT2D eigenvalue weighted by Gasteiger charge is 2.32. The fraction of sp³-hybridized carbons (Fsp3) is 0.238. The van der Waals surface area contributed by atoms with E-state index in [0.717, 1.165) is 5.56 Å². The molecule has 2 aromatic carbocycles. The summed E-state index contributed by atoms with van der Waals surface area (Å²) < 4.78 is 16.0. The van der Waals surface area contributed by atoms with Crippen molar-refractivity contribution in [2.45, 2.75) is 13.0 Å². The van der Waals surface area contributed by atoms with E-state index in [0.29, 0.717) is 39.3 Å². The van der Waals surface area contributed by atoms with Gasteiger partial charge in [-0.05, 0) is 61.6 Å². The summed E-state index contributed by atoms with van der Waals surface area (Å²) in [4.78, 5) is 13.2. The van der Waals surface area contributed by atoms with Gasteiger partial charge in [-0.3, -0.25) is 4.79 Å². The van der Waals surface area contributed by atoms with Crippen molar-refractivity contribution in [2.75, 3.05) is 26.6 Å². The molecule has 0 fully saturated rings. The molecule has 0 saturated carbocycles. The monoisotopic (exact) mass is 413 g/mol. The molecule has 0 radical (unpaired) electrons. The summed E-state index contributed by atoms with van der Waals surface area (Å²) in [5.41, 5.74) is 2.56. The topological polar surface area (TPSA) is 80.9 Å². The van der Waals surface area contributed by atoms with E-state index < -0.39 is 6.04 Å². The van der Waals surface area contributed by atoms with E-state index in [-0.39, 0.29) is 5.91 Å². The Hall–Kier alpha value is -3.26. The zero-order chi connectivity index (χ0) is 21.0. The number of carbonyl (C=O) groups excluding carboxylic acids is 1. The maximum absolute atomic E-state index is 13.2. The molecule has 2 aromatic rings. The number of rotatable bonds is 6. The van der Waals surface area contributed by atoms with Crippen molar-refractivity contribution in [1.82, 2.24) is 10.6 Å². The van der Waals surface area contributed by atoms with Crippen LogP contribution in [0.25, 0.3) is 0 Å². The number of hydrogen-bond donors (Lipinski definition) is 3. The molecule has 152 valence electrons. The van der Waals surface area contributed by atoms with E-state index in [4.69, 9.17) is 26.4 Å². The van der Waals surface area contributed by atoms with Crippen molar-refractivity contribution in [3.63, 3.8) is 0 Å². The molecule has 29 heavy (non-hydrogen) atoms. The third kappa shape index (κ3) is 4.43. The number of carbonyl (C=O) groups is 1. The van der Waals surface area contributed by atoms with Crippen molar-refractivity contribution in [3.8, 4) is 17.2 Å². The predicted octanol–water partition coefficient (Wildman–Crippen LogP) is 3.14. The molecule has 1 atom stereocenters. The number of hydrogen-bond acceptors (Lipinski definition) is 5. The first-order valence-corrected chi connectivity index (χ1v) is 9.33. The predicted molar refractivity (Wildman–Crippen MR) is 115 cm³/mol. The van der Waals surface area contributed by atoms with Crippen LogP contribution in [0.5, 0.6) is 17.2 Å². The van der Waals surface area contributed by atoms with Crippen molar-refractivity contribution >= 4 is 28.9 Å². The van der Waals surface area contributed by atoms with Crippen LogP contribution in [0.15, 0.2) is 53.7 Å². The van der Waals surface area contributed by atoms with Crippen molar-refractivity contribution in [3.05, 3.63) is 59.3 Å². The van der Waals surface area contributed by atoms with Crippen molar-refractivity contribution in [1.29, 1.82) is 0 Å². The molecule has 1 aliphatic heterocycles. The van der Waals surface area contributed by atoms with Gasteiger partial charge in [0.1, 0.15) is 17.2 Å². The Balaban J connectivity index is 1.98. The summed E-state index contributed by atoms with van der Waals surface area (Å²) in [5.74, 6) is 1.73. The Labute approximate surface area is 175 Å². The molecule has 0 aromatic heterocycles. The molecule has 0 bridgehead atoms. The maximum atomic E-state index is 13.2. The van der Waals surface area contributed by atoms with Crippen molar-refractivity contribution in [2.24, 2.45) is 0 Å². The third-order valence-corrected chi connectivity index (χ3v) is 4.83. The average Bonchev–Trinajstić information content (AvgIpc) is 2.73. The van der Waals surface area contributed by atoms with Crippen molar-refractivity contribution < 1.29 is 19.0 Å². The number of benzene rings is 2. The first-order valence-electron chi connectivity index (χ1n) is 8.92. The second kappa shape index (κ2) is 8.83. The molecule has 0 saturated heterocycles. The number of methoxy groups -OCH3 is 3. The van der Waals surface area contributed by atoms with Crippen LogP contribution in [0, 0.1) is 0 Å². The molecule has 3 N–H and O–H groups in total. The van der Waals surface area contributed by atoms with Crippen LogP contribution in [-0.2, 0) is 4.79 Å². The first kappa shape index (κ1) is 20.5. The summed E-state index contributed by atoms with van der Waals surface area (Å²) >= 11 is 5.32. The lowest BCUT2D eigenvalue weighted by Gasteiger charge is -2.31. The van der Waals surface area contributed by atoms with E-state index in [1.165, 1.54) is 0 Å². The molecule has 0 spiro atoms.